The molecule has 7 nitrogen and oxygen atoms in total. The second kappa shape index (κ2) is 8.65. The molecular formula is C21H23N5O2S. The summed E-state index contributed by atoms with van der Waals surface area (Å²) in [5.74, 6) is 1.58. The summed E-state index contributed by atoms with van der Waals surface area (Å²) in [7, 11) is 1.63. The third-order valence-electron chi connectivity index (χ3n) is 4.77. The normalized spacial score (nSPS) is 14.4. The van der Waals surface area contributed by atoms with E-state index in [1.54, 1.807) is 19.5 Å². The Bertz CT molecular complexity index is 970. The quantitative estimate of drug-likeness (QED) is 0.574. The molecule has 1 N–H and O–H groups in total. The highest BCUT2D eigenvalue weighted by atomic mass is 32.2. The molecule has 1 aliphatic rings. The molecule has 8 heteroatoms. The van der Waals surface area contributed by atoms with Crippen LogP contribution in [0.25, 0.3) is 11.4 Å². The van der Waals surface area contributed by atoms with Crippen molar-refractivity contribution in [1.82, 2.24) is 25.1 Å². The van der Waals surface area contributed by atoms with E-state index in [0.717, 1.165) is 40.7 Å². The number of carbonyl (C=O) groups is 1. The van der Waals surface area contributed by atoms with E-state index in [4.69, 9.17) is 4.74 Å². The lowest BCUT2D eigenvalue weighted by Crippen LogP contribution is -2.30. The first kappa shape index (κ1) is 19.4. The minimum atomic E-state index is -0.281. The van der Waals surface area contributed by atoms with Gasteiger partial charge in [-0.15, -0.1) is 10.2 Å². The molecule has 0 unspecified atom stereocenters. The van der Waals surface area contributed by atoms with E-state index in [2.05, 4.69) is 25.1 Å². The third-order valence-corrected chi connectivity index (χ3v) is 5.83. The zero-order valence-corrected chi connectivity index (χ0v) is 17.2. The minimum Gasteiger partial charge on any atom is -0.497 e. The molecule has 4 rings (SSSR count). The molecule has 1 amide bonds. The molecule has 1 saturated carbocycles. The fraction of sp³-hybridized carbons (Fsp3) is 0.333. The lowest BCUT2D eigenvalue weighted by atomic mass is 10.2. The first-order valence-electron chi connectivity index (χ1n) is 9.58. The van der Waals surface area contributed by atoms with Crippen molar-refractivity contribution in [2.75, 3.05) is 7.11 Å². The largest absolute Gasteiger partial charge is 0.497 e. The van der Waals surface area contributed by atoms with Gasteiger partial charge in [0, 0.05) is 30.5 Å². The van der Waals surface area contributed by atoms with Gasteiger partial charge in [-0.2, -0.15) is 0 Å². The Labute approximate surface area is 173 Å². The number of amides is 1. The maximum Gasteiger partial charge on any atom is 0.233 e. The fourth-order valence-corrected chi connectivity index (χ4v) is 3.94. The first-order valence-corrected chi connectivity index (χ1v) is 10.5. The van der Waals surface area contributed by atoms with Crippen molar-refractivity contribution < 1.29 is 9.53 Å². The molecule has 3 aromatic rings. The van der Waals surface area contributed by atoms with Crippen LogP contribution in [0.3, 0.4) is 0 Å². The molecule has 0 saturated heterocycles. The van der Waals surface area contributed by atoms with E-state index >= 15 is 0 Å². The Hall–Kier alpha value is -2.87. The van der Waals surface area contributed by atoms with Crippen molar-refractivity contribution in [3.05, 3.63) is 54.4 Å². The number of thioether (sulfide) groups is 1. The van der Waals surface area contributed by atoms with Crippen LogP contribution in [0.4, 0.5) is 0 Å². The van der Waals surface area contributed by atoms with Crippen molar-refractivity contribution >= 4 is 17.7 Å². The molecule has 1 atom stereocenters. The highest BCUT2D eigenvalue weighted by Gasteiger charge is 2.31. The van der Waals surface area contributed by atoms with E-state index in [0.29, 0.717) is 12.6 Å². The maximum absolute atomic E-state index is 12.6. The summed E-state index contributed by atoms with van der Waals surface area (Å²) < 4.78 is 7.31. The number of ether oxygens (including phenoxy) is 1. The number of carbonyl (C=O) groups excluding carboxylic acids is 1. The Morgan fingerprint density at radius 3 is 2.72 bits per heavy atom. The molecule has 1 aliphatic carbocycles. The SMILES string of the molecule is COc1ccc(CNC(=O)[C@H](C)Sc2nnc(-c3cccnc3)n2C2CC2)cc1. The number of methoxy groups -OCH3 is 1. The number of nitrogens with zero attached hydrogens (tertiary/aromatic N) is 4. The number of hydrogen-bond donors (Lipinski definition) is 1. The average Bonchev–Trinajstić information content (AvgIpc) is 3.52. The van der Waals surface area contributed by atoms with Gasteiger partial charge >= 0.3 is 0 Å². The summed E-state index contributed by atoms with van der Waals surface area (Å²) >= 11 is 1.44. The first-order chi connectivity index (χ1) is 14.2. The summed E-state index contributed by atoms with van der Waals surface area (Å²) in [5, 5.41) is 12.2. The summed E-state index contributed by atoms with van der Waals surface area (Å²) in [4.78, 5) is 16.8. The number of pyridine rings is 1. The zero-order valence-electron chi connectivity index (χ0n) is 16.4. The Kier molecular flexibility index (Phi) is 5.80. The van der Waals surface area contributed by atoms with Crippen molar-refractivity contribution in [3.63, 3.8) is 0 Å². The smallest absolute Gasteiger partial charge is 0.233 e. The standard InChI is InChI=1S/C21H23N5O2S/c1-14(20(27)23-12-15-5-9-18(28-2)10-6-15)29-21-25-24-19(26(21)17-7-8-17)16-4-3-11-22-13-16/h3-6,9-11,13-14,17H,7-8,12H2,1-2H3,(H,23,27)/t14-/m0/s1. The number of rotatable bonds is 8. The van der Waals surface area contributed by atoms with Gasteiger partial charge in [0.2, 0.25) is 5.91 Å². The lowest BCUT2D eigenvalue weighted by Gasteiger charge is -2.13. The molecular weight excluding hydrogens is 386 g/mol. The van der Waals surface area contributed by atoms with Crippen LogP contribution in [-0.4, -0.2) is 38.0 Å². The third kappa shape index (κ3) is 4.59. The Morgan fingerprint density at radius 1 is 1.28 bits per heavy atom. The van der Waals surface area contributed by atoms with Gasteiger partial charge in [0.1, 0.15) is 5.75 Å². The second-order valence-electron chi connectivity index (χ2n) is 6.98. The van der Waals surface area contributed by atoms with Crippen LogP contribution in [0.5, 0.6) is 5.75 Å². The topological polar surface area (TPSA) is 81.9 Å². The molecule has 0 radical (unpaired) electrons. The van der Waals surface area contributed by atoms with Crippen molar-refractivity contribution in [2.45, 2.75) is 42.8 Å². The molecule has 29 heavy (non-hydrogen) atoms. The molecule has 150 valence electrons. The molecule has 1 fully saturated rings. The highest BCUT2D eigenvalue weighted by molar-refractivity contribution is 8.00. The van der Waals surface area contributed by atoms with Crippen LogP contribution < -0.4 is 10.1 Å². The number of hydrogen-bond acceptors (Lipinski definition) is 6. The van der Waals surface area contributed by atoms with Gasteiger partial charge in [0.05, 0.1) is 12.4 Å². The molecule has 2 aromatic heterocycles. The summed E-state index contributed by atoms with van der Waals surface area (Å²) in [6.07, 6.45) is 5.75. The number of nitrogens with one attached hydrogen (secondary N) is 1. The van der Waals surface area contributed by atoms with Gasteiger partial charge in [-0.3, -0.25) is 14.3 Å². The zero-order chi connectivity index (χ0) is 20.2. The number of aromatic nitrogens is 4. The van der Waals surface area contributed by atoms with Crippen LogP contribution in [0.1, 0.15) is 31.4 Å². The van der Waals surface area contributed by atoms with Gasteiger partial charge in [-0.05, 0) is 49.6 Å². The van der Waals surface area contributed by atoms with Crippen LogP contribution in [-0.2, 0) is 11.3 Å². The number of benzene rings is 1. The Morgan fingerprint density at radius 2 is 2.07 bits per heavy atom. The van der Waals surface area contributed by atoms with Gasteiger partial charge in [0.25, 0.3) is 0 Å². The molecule has 2 heterocycles. The second-order valence-corrected chi connectivity index (χ2v) is 8.28. The van der Waals surface area contributed by atoms with Crippen molar-refractivity contribution in [2.24, 2.45) is 0 Å². The highest BCUT2D eigenvalue weighted by Crippen LogP contribution is 2.41. The van der Waals surface area contributed by atoms with E-state index in [1.807, 2.05) is 43.3 Å². The van der Waals surface area contributed by atoms with Crippen LogP contribution >= 0.6 is 11.8 Å². The maximum atomic E-state index is 12.6. The van der Waals surface area contributed by atoms with Crippen LogP contribution in [0, 0.1) is 0 Å². The predicted octanol–water partition coefficient (Wildman–Crippen LogP) is 3.48. The Balaban J connectivity index is 1.42. The van der Waals surface area contributed by atoms with Crippen molar-refractivity contribution in [1.29, 1.82) is 0 Å². The predicted molar refractivity (Wildman–Crippen MR) is 112 cm³/mol. The van der Waals surface area contributed by atoms with E-state index in [1.165, 1.54) is 11.8 Å². The summed E-state index contributed by atoms with van der Waals surface area (Å²) in [6.45, 7) is 2.37. The molecule has 0 aliphatic heterocycles. The van der Waals surface area contributed by atoms with Gasteiger partial charge in [0.15, 0.2) is 11.0 Å². The van der Waals surface area contributed by atoms with Crippen LogP contribution in [0.15, 0.2) is 53.9 Å². The monoisotopic (exact) mass is 409 g/mol. The lowest BCUT2D eigenvalue weighted by molar-refractivity contribution is -0.120. The van der Waals surface area contributed by atoms with E-state index in [-0.39, 0.29) is 11.2 Å². The molecule has 0 spiro atoms. The summed E-state index contributed by atoms with van der Waals surface area (Å²) in [5.41, 5.74) is 1.96. The molecule has 1 aromatic carbocycles. The minimum absolute atomic E-state index is 0.0286. The summed E-state index contributed by atoms with van der Waals surface area (Å²) in [6, 6.07) is 11.9. The van der Waals surface area contributed by atoms with Gasteiger partial charge in [-0.25, -0.2) is 0 Å². The average molecular weight is 410 g/mol. The van der Waals surface area contributed by atoms with Gasteiger partial charge < -0.3 is 10.1 Å². The van der Waals surface area contributed by atoms with Crippen molar-refractivity contribution in [3.8, 4) is 17.1 Å². The van der Waals surface area contributed by atoms with Crippen LogP contribution in [0.2, 0.25) is 0 Å². The van der Waals surface area contributed by atoms with E-state index in [9.17, 15) is 4.79 Å². The van der Waals surface area contributed by atoms with Gasteiger partial charge in [-0.1, -0.05) is 23.9 Å². The van der Waals surface area contributed by atoms with E-state index < -0.39 is 0 Å². The fourth-order valence-electron chi connectivity index (χ4n) is 3.00. The molecule has 0 bridgehead atoms.